The molecule has 0 aliphatic heterocycles. The van der Waals surface area contributed by atoms with Crippen LogP contribution in [0.5, 0.6) is 0 Å². The molecule has 2 rings (SSSR count). The van der Waals surface area contributed by atoms with E-state index in [4.69, 9.17) is 0 Å². The van der Waals surface area contributed by atoms with Crippen LogP contribution in [0.3, 0.4) is 0 Å². The highest BCUT2D eigenvalue weighted by Gasteiger charge is 2.30. The lowest BCUT2D eigenvalue weighted by Crippen LogP contribution is -2.43. The maximum absolute atomic E-state index is 13.2. The fourth-order valence-electron chi connectivity index (χ4n) is 2.66. The third-order valence-electron chi connectivity index (χ3n) is 4.21. The summed E-state index contributed by atoms with van der Waals surface area (Å²) < 4.78 is 53.1. The number of hydrogen-bond donors (Lipinski definition) is 1. The third kappa shape index (κ3) is 3.17. The van der Waals surface area contributed by atoms with E-state index in [1.54, 1.807) is 0 Å². The standard InChI is InChI=1S/C14H19F2NO2S/c1-9-4-3-5-14(10(9)2)17-20(18,19)11-6-7-12(15)13(16)8-11/h6-10,14,17H,3-5H2,1-2H3/t9-,10+,14+/m0/s1. The van der Waals surface area contributed by atoms with E-state index in [2.05, 4.69) is 11.6 Å². The van der Waals surface area contributed by atoms with Crippen molar-refractivity contribution in [2.75, 3.05) is 0 Å². The topological polar surface area (TPSA) is 46.2 Å². The van der Waals surface area contributed by atoms with Gasteiger partial charge in [-0.05, 0) is 36.5 Å². The van der Waals surface area contributed by atoms with Gasteiger partial charge in [-0.2, -0.15) is 0 Å². The SMILES string of the molecule is C[C@@H]1[C@@H](C)CCC[C@H]1NS(=O)(=O)c1ccc(F)c(F)c1. The molecule has 1 N–H and O–H groups in total. The summed E-state index contributed by atoms with van der Waals surface area (Å²) >= 11 is 0. The zero-order valence-electron chi connectivity index (χ0n) is 11.6. The Bertz CT molecular complexity index is 589. The minimum absolute atomic E-state index is 0.156. The van der Waals surface area contributed by atoms with Crippen LogP contribution in [-0.4, -0.2) is 14.5 Å². The number of benzene rings is 1. The van der Waals surface area contributed by atoms with Crippen LogP contribution in [0.1, 0.15) is 33.1 Å². The normalized spacial score (nSPS) is 27.5. The van der Waals surface area contributed by atoms with Crippen LogP contribution in [0.4, 0.5) is 8.78 Å². The van der Waals surface area contributed by atoms with Gasteiger partial charge in [0, 0.05) is 6.04 Å². The Morgan fingerprint density at radius 3 is 2.50 bits per heavy atom. The first-order chi connectivity index (χ1) is 9.31. The van der Waals surface area contributed by atoms with Crippen molar-refractivity contribution in [2.24, 2.45) is 11.8 Å². The first-order valence-electron chi connectivity index (χ1n) is 6.78. The van der Waals surface area contributed by atoms with Crippen LogP contribution in [0.2, 0.25) is 0 Å². The van der Waals surface area contributed by atoms with Crippen LogP contribution < -0.4 is 4.72 Å². The largest absolute Gasteiger partial charge is 0.240 e. The molecule has 0 heterocycles. The Kier molecular flexibility index (Phi) is 4.44. The molecule has 1 fully saturated rings. The number of halogens is 2. The summed E-state index contributed by atoms with van der Waals surface area (Å²) in [5, 5.41) is 0. The predicted octanol–water partition coefficient (Wildman–Crippen LogP) is 3.07. The predicted molar refractivity (Wildman–Crippen MR) is 72.6 cm³/mol. The lowest BCUT2D eigenvalue weighted by molar-refractivity contribution is 0.227. The molecule has 0 radical (unpaired) electrons. The van der Waals surface area contributed by atoms with Gasteiger partial charge in [-0.3, -0.25) is 0 Å². The maximum atomic E-state index is 13.2. The van der Waals surface area contributed by atoms with E-state index in [9.17, 15) is 17.2 Å². The maximum Gasteiger partial charge on any atom is 0.240 e. The molecule has 20 heavy (non-hydrogen) atoms. The molecule has 0 unspecified atom stereocenters. The zero-order valence-corrected chi connectivity index (χ0v) is 12.4. The lowest BCUT2D eigenvalue weighted by Gasteiger charge is -2.34. The highest BCUT2D eigenvalue weighted by Crippen LogP contribution is 2.30. The van der Waals surface area contributed by atoms with E-state index in [0.29, 0.717) is 12.0 Å². The summed E-state index contributed by atoms with van der Waals surface area (Å²) in [6.07, 6.45) is 2.83. The monoisotopic (exact) mass is 303 g/mol. The Labute approximate surface area is 118 Å². The molecule has 3 nitrogen and oxygen atoms in total. The molecule has 0 spiro atoms. The molecule has 6 heteroatoms. The molecule has 1 saturated carbocycles. The average Bonchev–Trinajstić information content (AvgIpc) is 2.38. The molecule has 1 aromatic carbocycles. The molecule has 112 valence electrons. The van der Waals surface area contributed by atoms with E-state index in [-0.39, 0.29) is 16.9 Å². The van der Waals surface area contributed by atoms with Crippen LogP contribution in [0, 0.1) is 23.5 Å². The van der Waals surface area contributed by atoms with Crippen molar-refractivity contribution in [3.05, 3.63) is 29.8 Å². The summed E-state index contributed by atoms with van der Waals surface area (Å²) in [7, 11) is -3.81. The Balaban J connectivity index is 2.20. The second-order valence-corrected chi connectivity index (χ2v) is 7.28. The van der Waals surface area contributed by atoms with Crippen LogP contribution in [-0.2, 0) is 10.0 Å². The summed E-state index contributed by atoms with van der Waals surface area (Å²) in [5.74, 6) is -1.54. The van der Waals surface area contributed by atoms with E-state index in [0.717, 1.165) is 31.4 Å². The van der Waals surface area contributed by atoms with Gasteiger partial charge in [0.15, 0.2) is 11.6 Å². The first-order valence-corrected chi connectivity index (χ1v) is 8.27. The minimum Gasteiger partial charge on any atom is -0.208 e. The Morgan fingerprint density at radius 1 is 1.15 bits per heavy atom. The van der Waals surface area contributed by atoms with Crippen molar-refractivity contribution < 1.29 is 17.2 Å². The van der Waals surface area contributed by atoms with Gasteiger partial charge in [-0.1, -0.05) is 26.7 Å². The number of rotatable bonds is 3. The van der Waals surface area contributed by atoms with Crippen LogP contribution in [0.15, 0.2) is 23.1 Å². The second kappa shape index (κ2) is 5.77. The van der Waals surface area contributed by atoms with E-state index >= 15 is 0 Å². The molecular weight excluding hydrogens is 284 g/mol. The molecule has 3 atom stereocenters. The molecule has 1 aromatic rings. The summed E-state index contributed by atoms with van der Waals surface area (Å²) in [6.45, 7) is 4.12. The smallest absolute Gasteiger partial charge is 0.208 e. The van der Waals surface area contributed by atoms with Gasteiger partial charge in [-0.25, -0.2) is 21.9 Å². The fourth-order valence-corrected chi connectivity index (χ4v) is 4.03. The molecule has 0 saturated heterocycles. The van der Waals surface area contributed by atoms with Crippen molar-refractivity contribution in [2.45, 2.75) is 44.0 Å². The summed E-state index contributed by atoms with van der Waals surface area (Å²) in [5.41, 5.74) is 0. The van der Waals surface area contributed by atoms with Gasteiger partial charge >= 0.3 is 0 Å². The van der Waals surface area contributed by atoms with Crippen molar-refractivity contribution in [3.63, 3.8) is 0 Å². The molecule has 0 bridgehead atoms. The van der Waals surface area contributed by atoms with E-state index < -0.39 is 21.7 Å². The van der Waals surface area contributed by atoms with Crippen molar-refractivity contribution >= 4 is 10.0 Å². The number of hydrogen-bond acceptors (Lipinski definition) is 2. The van der Waals surface area contributed by atoms with Crippen molar-refractivity contribution in [3.8, 4) is 0 Å². The summed E-state index contributed by atoms with van der Waals surface area (Å²) in [6, 6.07) is 2.47. The Hall–Kier alpha value is -1.01. The van der Waals surface area contributed by atoms with Crippen LogP contribution in [0.25, 0.3) is 0 Å². The molecule has 1 aliphatic carbocycles. The quantitative estimate of drug-likeness (QED) is 0.933. The fraction of sp³-hybridized carbons (Fsp3) is 0.571. The second-order valence-electron chi connectivity index (χ2n) is 5.57. The van der Waals surface area contributed by atoms with E-state index in [1.165, 1.54) is 0 Å². The van der Waals surface area contributed by atoms with Gasteiger partial charge < -0.3 is 0 Å². The van der Waals surface area contributed by atoms with Gasteiger partial charge in [0.2, 0.25) is 10.0 Å². The van der Waals surface area contributed by atoms with E-state index in [1.807, 2.05) is 6.92 Å². The number of sulfonamides is 1. The zero-order chi connectivity index (χ0) is 14.9. The molecular formula is C14H19F2NO2S. The molecule has 1 aliphatic rings. The molecule has 0 aromatic heterocycles. The minimum atomic E-state index is -3.81. The van der Waals surface area contributed by atoms with Gasteiger partial charge in [0.05, 0.1) is 4.90 Å². The molecule has 0 amide bonds. The van der Waals surface area contributed by atoms with Crippen molar-refractivity contribution in [1.29, 1.82) is 0 Å². The van der Waals surface area contributed by atoms with Crippen molar-refractivity contribution in [1.82, 2.24) is 4.72 Å². The van der Waals surface area contributed by atoms with Gasteiger partial charge in [-0.15, -0.1) is 0 Å². The number of nitrogens with one attached hydrogen (secondary N) is 1. The Morgan fingerprint density at radius 2 is 1.85 bits per heavy atom. The highest BCUT2D eigenvalue weighted by atomic mass is 32.2. The van der Waals surface area contributed by atoms with Crippen LogP contribution >= 0.6 is 0 Å². The lowest BCUT2D eigenvalue weighted by atomic mass is 9.78. The van der Waals surface area contributed by atoms with Gasteiger partial charge in [0.1, 0.15) is 0 Å². The summed E-state index contributed by atoms with van der Waals surface area (Å²) in [4.78, 5) is -0.234. The highest BCUT2D eigenvalue weighted by molar-refractivity contribution is 7.89. The average molecular weight is 303 g/mol. The van der Waals surface area contributed by atoms with Gasteiger partial charge in [0.25, 0.3) is 0 Å². The third-order valence-corrected chi connectivity index (χ3v) is 5.70. The first kappa shape index (κ1) is 15.4.